The van der Waals surface area contributed by atoms with E-state index in [0.717, 1.165) is 31.1 Å². The smallest absolute Gasteiger partial charge is 0.220 e. The molecule has 4 unspecified atom stereocenters. The van der Waals surface area contributed by atoms with Gasteiger partial charge in [0.2, 0.25) is 5.91 Å². The second-order valence-electron chi connectivity index (χ2n) is 5.94. The molecule has 2 aliphatic carbocycles. The number of hydrogen-bond donors (Lipinski definition) is 1. The quantitative estimate of drug-likeness (QED) is 0.727. The highest BCUT2D eigenvalue weighted by Gasteiger charge is 2.40. The van der Waals surface area contributed by atoms with E-state index in [4.69, 9.17) is 11.6 Å². The number of rotatable bonds is 6. The summed E-state index contributed by atoms with van der Waals surface area (Å²) >= 11 is 5.65. The van der Waals surface area contributed by atoms with Crippen LogP contribution in [0.2, 0.25) is 0 Å². The molecule has 0 heterocycles. The summed E-state index contributed by atoms with van der Waals surface area (Å²) in [5, 5.41) is 3.10. The Morgan fingerprint density at radius 3 is 2.82 bits per heavy atom. The van der Waals surface area contributed by atoms with Gasteiger partial charge in [0, 0.05) is 18.3 Å². The number of amides is 1. The van der Waals surface area contributed by atoms with Crippen molar-refractivity contribution in [3.8, 4) is 0 Å². The van der Waals surface area contributed by atoms with Gasteiger partial charge < -0.3 is 5.32 Å². The van der Waals surface area contributed by atoms with Gasteiger partial charge in [0.1, 0.15) is 0 Å². The molecule has 2 nitrogen and oxygen atoms in total. The molecule has 1 amide bonds. The molecule has 0 aromatic carbocycles. The Labute approximate surface area is 109 Å². The summed E-state index contributed by atoms with van der Waals surface area (Å²) in [5.41, 5.74) is 0. The van der Waals surface area contributed by atoms with Crippen molar-refractivity contribution in [1.82, 2.24) is 5.32 Å². The van der Waals surface area contributed by atoms with E-state index in [1.165, 1.54) is 25.7 Å². The Balaban J connectivity index is 1.67. The van der Waals surface area contributed by atoms with Crippen LogP contribution in [0.3, 0.4) is 0 Å². The molecular formula is C14H24ClNO. The minimum absolute atomic E-state index is 0.254. The van der Waals surface area contributed by atoms with E-state index in [9.17, 15) is 4.79 Å². The van der Waals surface area contributed by atoms with Gasteiger partial charge in [-0.15, -0.1) is 11.6 Å². The summed E-state index contributed by atoms with van der Waals surface area (Å²) in [6.07, 6.45) is 8.20. The lowest BCUT2D eigenvalue weighted by molar-refractivity contribution is -0.123. The van der Waals surface area contributed by atoms with E-state index >= 15 is 0 Å². The topological polar surface area (TPSA) is 29.1 Å². The Bertz CT molecular complexity index is 269. The first-order chi connectivity index (χ1) is 8.19. The van der Waals surface area contributed by atoms with E-state index in [-0.39, 0.29) is 11.9 Å². The normalized spacial score (nSPS) is 32.7. The first kappa shape index (κ1) is 13.2. The van der Waals surface area contributed by atoms with E-state index in [2.05, 4.69) is 12.2 Å². The van der Waals surface area contributed by atoms with E-state index in [1.54, 1.807) is 0 Å². The van der Waals surface area contributed by atoms with Gasteiger partial charge in [-0.05, 0) is 56.8 Å². The van der Waals surface area contributed by atoms with Gasteiger partial charge in [0.15, 0.2) is 0 Å². The van der Waals surface area contributed by atoms with Crippen LogP contribution in [0.4, 0.5) is 0 Å². The van der Waals surface area contributed by atoms with Crippen LogP contribution in [0.25, 0.3) is 0 Å². The van der Waals surface area contributed by atoms with Crippen molar-refractivity contribution in [3.63, 3.8) is 0 Å². The van der Waals surface area contributed by atoms with Gasteiger partial charge in [0.05, 0.1) is 0 Å². The molecule has 2 rings (SSSR count). The first-order valence-electron chi connectivity index (χ1n) is 7.04. The zero-order chi connectivity index (χ0) is 12.3. The maximum atomic E-state index is 11.9. The highest BCUT2D eigenvalue weighted by molar-refractivity contribution is 6.17. The zero-order valence-electron chi connectivity index (χ0n) is 10.8. The van der Waals surface area contributed by atoms with Gasteiger partial charge in [-0.2, -0.15) is 0 Å². The Morgan fingerprint density at radius 1 is 1.41 bits per heavy atom. The zero-order valence-corrected chi connectivity index (χ0v) is 11.5. The van der Waals surface area contributed by atoms with Crippen molar-refractivity contribution in [1.29, 1.82) is 0 Å². The molecule has 2 saturated carbocycles. The van der Waals surface area contributed by atoms with Crippen molar-refractivity contribution in [2.75, 3.05) is 5.88 Å². The number of hydrogen-bond acceptors (Lipinski definition) is 1. The number of fused-ring (bicyclic) bond motifs is 2. The van der Waals surface area contributed by atoms with Crippen molar-refractivity contribution in [3.05, 3.63) is 0 Å². The molecule has 98 valence electrons. The van der Waals surface area contributed by atoms with Crippen LogP contribution < -0.4 is 5.32 Å². The summed E-state index contributed by atoms with van der Waals surface area (Å²) in [5.74, 6) is 3.40. The molecule has 0 saturated heterocycles. The maximum absolute atomic E-state index is 11.9. The molecule has 0 aliphatic heterocycles. The highest BCUT2D eigenvalue weighted by atomic mass is 35.5. The van der Waals surface area contributed by atoms with E-state index < -0.39 is 0 Å². The van der Waals surface area contributed by atoms with Crippen LogP contribution >= 0.6 is 11.6 Å². The number of carbonyl (C=O) groups excluding carboxylic acids is 1. The van der Waals surface area contributed by atoms with Crippen molar-refractivity contribution >= 4 is 17.5 Å². The summed E-state index contributed by atoms with van der Waals surface area (Å²) in [7, 11) is 0. The number of carbonyl (C=O) groups is 1. The molecule has 0 spiro atoms. The molecule has 0 aromatic heterocycles. The highest BCUT2D eigenvalue weighted by Crippen LogP contribution is 2.49. The molecule has 2 aliphatic rings. The van der Waals surface area contributed by atoms with E-state index in [1.807, 2.05) is 0 Å². The SMILES string of the molecule is CC(CCCCl)NC(=O)CC1CC2CCC1C2. The maximum Gasteiger partial charge on any atom is 0.220 e. The number of nitrogens with one attached hydrogen (secondary N) is 1. The largest absolute Gasteiger partial charge is 0.354 e. The van der Waals surface area contributed by atoms with Gasteiger partial charge in [0.25, 0.3) is 0 Å². The van der Waals surface area contributed by atoms with Crippen LogP contribution in [0.15, 0.2) is 0 Å². The lowest BCUT2D eigenvalue weighted by Gasteiger charge is -2.22. The third-order valence-electron chi connectivity index (χ3n) is 4.51. The van der Waals surface area contributed by atoms with Crippen LogP contribution in [-0.4, -0.2) is 17.8 Å². The molecule has 4 atom stereocenters. The molecular weight excluding hydrogens is 234 g/mol. The van der Waals surface area contributed by atoms with Crippen molar-refractivity contribution in [2.24, 2.45) is 17.8 Å². The van der Waals surface area contributed by atoms with Crippen molar-refractivity contribution < 1.29 is 4.79 Å². The van der Waals surface area contributed by atoms with Gasteiger partial charge >= 0.3 is 0 Å². The van der Waals surface area contributed by atoms with Crippen LogP contribution in [0, 0.1) is 17.8 Å². The molecule has 17 heavy (non-hydrogen) atoms. The predicted molar refractivity (Wildman–Crippen MR) is 71.1 cm³/mol. The summed E-state index contributed by atoms with van der Waals surface area (Å²) in [4.78, 5) is 11.9. The van der Waals surface area contributed by atoms with E-state index in [0.29, 0.717) is 11.8 Å². The Hall–Kier alpha value is -0.240. The Kier molecular flexibility index (Phi) is 4.72. The summed E-state index contributed by atoms with van der Waals surface area (Å²) < 4.78 is 0. The monoisotopic (exact) mass is 257 g/mol. The average Bonchev–Trinajstić information content (AvgIpc) is 2.87. The van der Waals surface area contributed by atoms with Crippen LogP contribution in [-0.2, 0) is 4.79 Å². The van der Waals surface area contributed by atoms with Gasteiger partial charge in [-0.25, -0.2) is 0 Å². The first-order valence-corrected chi connectivity index (χ1v) is 7.57. The lowest BCUT2D eigenvalue weighted by atomic mass is 9.86. The van der Waals surface area contributed by atoms with Gasteiger partial charge in [-0.1, -0.05) is 6.42 Å². The second kappa shape index (κ2) is 6.08. The van der Waals surface area contributed by atoms with Crippen molar-refractivity contribution in [2.45, 2.75) is 57.9 Å². The molecule has 0 aromatic rings. The second-order valence-corrected chi connectivity index (χ2v) is 6.32. The number of halogens is 1. The third-order valence-corrected chi connectivity index (χ3v) is 4.78. The van der Waals surface area contributed by atoms with Gasteiger partial charge in [-0.3, -0.25) is 4.79 Å². The minimum atomic E-state index is 0.254. The van der Waals surface area contributed by atoms with Crippen LogP contribution in [0.5, 0.6) is 0 Å². The third kappa shape index (κ3) is 3.61. The average molecular weight is 258 g/mol. The number of alkyl halides is 1. The fourth-order valence-electron chi connectivity index (χ4n) is 3.65. The fourth-order valence-corrected chi connectivity index (χ4v) is 3.81. The molecule has 2 bridgehead atoms. The minimum Gasteiger partial charge on any atom is -0.354 e. The molecule has 0 radical (unpaired) electrons. The fraction of sp³-hybridized carbons (Fsp3) is 0.929. The predicted octanol–water partition coefficient (Wildman–Crippen LogP) is 3.34. The summed E-state index contributed by atoms with van der Waals surface area (Å²) in [6.45, 7) is 2.07. The summed E-state index contributed by atoms with van der Waals surface area (Å²) in [6, 6.07) is 0.278. The lowest BCUT2D eigenvalue weighted by Crippen LogP contribution is -2.34. The molecule has 2 fully saturated rings. The van der Waals surface area contributed by atoms with Crippen LogP contribution in [0.1, 0.15) is 51.9 Å². The Morgan fingerprint density at radius 2 is 2.24 bits per heavy atom. The molecule has 3 heteroatoms. The standard InChI is InChI=1S/C14H24ClNO/c1-10(3-2-6-15)16-14(17)9-13-8-11-4-5-12(13)7-11/h10-13H,2-9H2,1H3,(H,16,17). The molecule has 1 N–H and O–H groups in total.